The number of aryl methyl sites for hydroxylation is 1. The van der Waals surface area contributed by atoms with Crippen LogP contribution in [0.5, 0.6) is 0 Å². The van der Waals surface area contributed by atoms with Crippen LogP contribution in [-0.2, 0) is 22.5 Å². The minimum Gasteiger partial charge on any atom is -0.468 e. The molecular formula is C11H14N2O3S2. The molecule has 2 rings (SSSR count). The largest absolute Gasteiger partial charge is 0.468 e. The first kappa shape index (κ1) is 13.5. The van der Waals surface area contributed by atoms with Crippen LogP contribution >= 0.6 is 23.5 Å². The molecule has 0 N–H and O–H groups in total. The van der Waals surface area contributed by atoms with E-state index in [9.17, 15) is 9.59 Å². The van der Waals surface area contributed by atoms with Crippen molar-refractivity contribution >= 4 is 29.5 Å². The van der Waals surface area contributed by atoms with Gasteiger partial charge in [-0.05, 0) is 6.92 Å². The zero-order valence-electron chi connectivity index (χ0n) is 10.3. The van der Waals surface area contributed by atoms with Crippen molar-refractivity contribution < 1.29 is 9.53 Å². The van der Waals surface area contributed by atoms with Gasteiger partial charge < -0.3 is 4.74 Å². The van der Waals surface area contributed by atoms with Gasteiger partial charge in [0.1, 0.15) is 0 Å². The molecule has 0 saturated carbocycles. The van der Waals surface area contributed by atoms with Crippen LogP contribution in [0, 0.1) is 0 Å². The molecule has 0 unspecified atom stereocenters. The smallest absolute Gasteiger partial charge is 0.316 e. The summed E-state index contributed by atoms with van der Waals surface area (Å²) >= 11 is 2.82. The number of hydrogen-bond acceptors (Lipinski definition) is 6. The second-order valence-electron chi connectivity index (χ2n) is 3.68. The van der Waals surface area contributed by atoms with Crippen LogP contribution in [0.3, 0.4) is 0 Å². The quantitative estimate of drug-likeness (QED) is 0.470. The number of nitrogens with zero attached hydrogens (tertiary/aromatic N) is 2. The van der Waals surface area contributed by atoms with Crippen molar-refractivity contribution in [2.75, 3.05) is 18.6 Å². The molecule has 0 aliphatic carbocycles. The first-order valence-electron chi connectivity index (χ1n) is 5.63. The van der Waals surface area contributed by atoms with Gasteiger partial charge in [-0.3, -0.25) is 14.2 Å². The van der Waals surface area contributed by atoms with Crippen LogP contribution in [0.25, 0.3) is 0 Å². The number of fused-ring (bicyclic) bond motifs is 1. The molecule has 2 heterocycles. The van der Waals surface area contributed by atoms with Gasteiger partial charge in [-0.2, -0.15) is 0 Å². The normalized spacial score (nSPS) is 13.4. The van der Waals surface area contributed by atoms with E-state index in [4.69, 9.17) is 0 Å². The van der Waals surface area contributed by atoms with E-state index in [1.54, 1.807) is 16.3 Å². The lowest BCUT2D eigenvalue weighted by atomic mass is 10.3. The van der Waals surface area contributed by atoms with E-state index in [0.717, 1.165) is 22.8 Å². The number of rotatable bonds is 4. The monoisotopic (exact) mass is 286 g/mol. The minimum atomic E-state index is -0.313. The van der Waals surface area contributed by atoms with Crippen molar-refractivity contribution in [2.24, 2.45) is 0 Å². The van der Waals surface area contributed by atoms with Gasteiger partial charge in [0, 0.05) is 18.7 Å². The summed E-state index contributed by atoms with van der Waals surface area (Å²) in [6.07, 6.45) is 0.825. The number of carbonyl (C=O) groups excluding carboxylic acids is 1. The number of aromatic nitrogens is 2. The van der Waals surface area contributed by atoms with E-state index in [2.05, 4.69) is 9.72 Å². The predicted molar refractivity (Wildman–Crippen MR) is 71.3 cm³/mol. The first-order chi connectivity index (χ1) is 8.67. The highest BCUT2D eigenvalue weighted by Gasteiger charge is 2.21. The average Bonchev–Trinajstić information content (AvgIpc) is 2.84. The molecule has 1 aliphatic heterocycles. The Balaban J connectivity index is 2.32. The number of methoxy groups -OCH3 is 1. The highest BCUT2D eigenvalue weighted by molar-refractivity contribution is 8.00. The van der Waals surface area contributed by atoms with Crippen molar-refractivity contribution in [1.82, 2.24) is 9.55 Å². The van der Waals surface area contributed by atoms with Crippen LogP contribution in [0.1, 0.15) is 12.6 Å². The summed E-state index contributed by atoms with van der Waals surface area (Å²) in [6.45, 7) is 2.46. The molecule has 0 bridgehead atoms. The molecule has 18 heavy (non-hydrogen) atoms. The van der Waals surface area contributed by atoms with Crippen LogP contribution in [0.2, 0.25) is 0 Å². The molecule has 98 valence electrons. The first-order valence-corrected chi connectivity index (χ1v) is 7.60. The molecule has 0 radical (unpaired) electrons. The van der Waals surface area contributed by atoms with E-state index < -0.39 is 0 Å². The van der Waals surface area contributed by atoms with Gasteiger partial charge in [-0.15, -0.1) is 11.8 Å². The maximum absolute atomic E-state index is 12.2. The SMILES string of the molecule is CCn1c(SCC(=O)OC)nc2c(c1=O)SCC2. The highest BCUT2D eigenvalue weighted by Crippen LogP contribution is 2.28. The van der Waals surface area contributed by atoms with E-state index in [-0.39, 0.29) is 17.3 Å². The topological polar surface area (TPSA) is 61.2 Å². The van der Waals surface area contributed by atoms with Crippen LogP contribution in [-0.4, -0.2) is 34.1 Å². The van der Waals surface area contributed by atoms with Crippen molar-refractivity contribution in [3.8, 4) is 0 Å². The van der Waals surface area contributed by atoms with Crippen molar-refractivity contribution in [3.05, 3.63) is 16.0 Å². The van der Waals surface area contributed by atoms with Gasteiger partial charge in [0.05, 0.1) is 23.5 Å². The standard InChI is InChI=1S/C11H14N2O3S2/c1-3-13-10(15)9-7(4-5-17-9)12-11(13)18-6-8(14)16-2/h3-6H2,1-2H3. The molecule has 1 aromatic rings. The third kappa shape index (κ3) is 2.56. The second-order valence-corrected chi connectivity index (χ2v) is 5.73. The molecule has 7 heteroatoms. The van der Waals surface area contributed by atoms with Gasteiger partial charge >= 0.3 is 5.97 Å². The van der Waals surface area contributed by atoms with Gasteiger partial charge in [0.2, 0.25) is 0 Å². The van der Waals surface area contributed by atoms with E-state index >= 15 is 0 Å². The Morgan fingerprint density at radius 2 is 2.39 bits per heavy atom. The summed E-state index contributed by atoms with van der Waals surface area (Å²) in [5, 5.41) is 0.606. The van der Waals surface area contributed by atoms with Crippen LogP contribution in [0.15, 0.2) is 14.8 Å². The molecule has 0 saturated heterocycles. The summed E-state index contributed by atoms with van der Waals surface area (Å²) < 4.78 is 6.21. The molecule has 0 amide bonds. The predicted octanol–water partition coefficient (Wildman–Crippen LogP) is 1.18. The summed E-state index contributed by atoms with van der Waals surface area (Å²) in [5.74, 6) is 0.771. The third-order valence-corrected chi connectivity index (χ3v) is 4.67. The maximum Gasteiger partial charge on any atom is 0.316 e. The molecule has 1 aromatic heterocycles. The minimum absolute atomic E-state index is 0.0114. The Bertz CT molecular complexity index is 528. The Hall–Kier alpha value is -0.950. The van der Waals surface area contributed by atoms with Crippen molar-refractivity contribution in [3.63, 3.8) is 0 Å². The lowest BCUT2D eigenvalue weighted by Crippen LogP contribution is -2.24. The van der Waals surface area contributed by atoms with Crippen LogP contribution in [0.4, 0.5) is 0 Å². The Morgan fingerprint density at radius 3 is 3.06 bits per heavy atom. The van der Waals surface area contributed by atoms with Crippen molar-refractivity contribution in [2.45, 2.75) is 29.9 Å². The molecule has 0 aromatic carbocycles. The Kier molecular flexibility index (Phi) is 4.34. The lowest BCUT2D eigenvalue weighted by Gasteiger charge is -2.10. The van der Waals surface area contributed by atoms with Crippen molar-refractivity contribution in [1.29, 1.82) is 0 Å². The highest BCUT2D eigenvalue weighted by atomic mass is 32.2. The van der Waals surface area contributed by atoms with Gasteiger partial charge in [0.15, 0.2) is 5.16 Å². The number of hydrogen-bond donors (Lipinski definition) is 0. The Morgan fingerprint density at radius 1 is 1.61 bits per heavy atom. The van der Waals surface area contributed by atoms with Gasteiger partial charge in [-0.1, -0.05) is 11.8 Å². The number of carbonyl (C=O) groups is 1. The molecule has 0 fully saturated rings. The Labute approximate surface area is 113 Å². The molecular weight excluding hydrogens is 272 g/mol. The zero-order valence-corrected chi connectivity index (χ0v) is 11.9. The van der Waals surface area contributed by atoms with Crippen LogP contribution < -0.4 is 5.56 Å². The van der Waals surface area contributed by atoms with E-state index in [0.29, 0.717) is 11.7 Å². The zero-order chi connectivity index (χ0) is 13.1. The molecule has 0 atom stereocenters. The molecule has 0 spiro atoms. The molecule has 5 nitrogen and oxygen atoms in total. The van der Waals surface area contributed by atoms with Gasteiger partial charge in [0.25, 0.3) is 5.56 Å². The summed E-state index contributed by atoms with van der Waals surface area (Å²) in [5.41, 5.74) is 0.874. The molecule has 1 aliphatic rings. The van der Waals surface area contributed by atoms with Gasteiger partial charge in [-0.25, -0.2) is 4.98 Å². The number of ether oxygens (including phenoxy) is 1. The number of thioether (sulfide) groups is 2. The summed E-state index contributed by atoms with van der Waals surface area (Å²) in [6, 6.07) is 0. The fourth-order valence-electron chi connectivity index (χ4n) is 1.70. The summed E-state index contributed by atoms with van der Waals surface area (Å²) in [7, 11) is 1.35. The third-order valence-electron chi connectivity index (χ3n) is 2.61. The fraction of sp³-hybridized carbons (Fsp3) is 0.545. The summed E-state index contributed by atoms with van der Waals surface area (Å²) in [4.78, 5) is 28.6. The van der Waals surface area contributed by atoms with E-state index in [1.165, 1.54) is 18.9 Å². The van der Waals surface area contributed by atoms with E-state index in [1.807, 2.05) is 6.92 Å². The average molecular weight is 286 g/mol. The number of esters is 1. The fourth-order valence-corrected chi connectivity index (χ4v) is 3.65. The maximum atomic E-state index is 12.2. The lowest BCUT2D eigenvalue weighted by molar-refractivity contribution is -0.137. The second kappa shape index (κ2) is 5.79.